The number of carbonyl (C=O) groups excluding carboxylic acids is 4. The molecule has 1 aliphatic heterocycles. The van der Waals surface area contributed by atoms with Gasteiger partial charge in [0.05, 0.1) is 33.6 Å². The van der Waals surface area contributed by atoms with Crippen molar-refractivity contribution in [2.75, 3.05) is 10.2 Å². The van der Waals surface area contributed by atoms with Crippen LogP contribution in [0.15, 0.2) is 60.7 Å². The predicted octanol–water partition coefficient (Wildman–Crippen LogP) is 5.31. The highest BCUT2D eigenvalue weighted by Gasteiger charge is 2.38. The van der Waals surface area contributed by atoms with Crippen molar-refractivity contribution in [1.29, 1.82) is 0 Å². The Morgan fingerprint density at radius 3 is 2.30 bits per heavy atom. The second kappa shape index (κ2) is 9.53. The molecular weight excluding hydrogens is 489 g/mol. The quantitative estimate of drug-likeness (QED) is 0.371. The van der Waals surface area contributed by atoms with Crippen LogP contribution in [-0.2, 0) is 15.7 Å². The number of nitrogens with one attached hydrogen (secondary N) is 1. The maximum absolute atomic E-state index is 13.2. The van der Waals surface area contributed by atoms with Gasteiger partial charge in [-0.1, -0.05) is 24.3 Å². The van der Waals surface area contributed by atoms with Gasteiger partial charge in [0.1, 0.15) is 0 Å². The summed E-state index contributed by atoms with van der Waals surface area (Å²) < 4.78 is 44.7. The van der Waals surface area contributed by atoms with E-state index in [1.54, 1.807) is 19.1 Å². The predicted molar refractivity (Wildman–Crippen MR) is 128 cm³/mol. The Bertz CT molecular complexity index is 1450. The molecule has 10 heteroatoms. The van der Waals surface area contributed by atoms with Gasteiger partial charge in [-0.2, -0.15) is 13.2 Å². The fourth-order valence-corrected chi connectivity index (χ4v) is 3.90. The third-order valence-electron chi connectivity index (χ3n) is 5.87. The highest BCUT2D eigenvalue weighted by atomic mass is 19.4. The van der Waals surface area contributed by atoms with E-state index in [0.717, 1.165) is 22.6 Å². The summed E-state index contributed by atoms with van der Waals surface area (Å²) in [4.78, 5) is 52.2. The zero-order chi connectivity index (χ0) is 27.1. The lowest BCUT2D eigenvalue weighted by Gasteiger charge is -2.17. The van der Waals surface area contributed by atoms with E-state index >= 15 is 0 Å². The van der Waals surface area contributed by atoms with Crippen molar-refractivity contribution in [3.05, 3.63) is 94.0 Å². The molecule has 7 nitrogen and oxygen atoms in total. The number of rotatable bonds is 5. The van der Waals surface area contributed by atoms with E-state index in [2.05, 4.69) is 5.32 Å². The van der Waals surface area contributed by atoms with E-state index in [1.165, 1.54) is 37.3 Å². The largest absolute Gasteiger partial charge is 0.449 e. The molecule has 3 aromatic rings. The van der Waals surface area contributed by atoms with Crippen LogP contribution in [0.4, 0.5) is 24.5 Å². The molecule has 0 saturated carbocycles. The van der Waals surface area contributed by atoms with Crippen LogP contribution < -0.4 is 10.2 Å². The lowest BCUT2D eigenvalue weighted by Crippen LogP contribution is -2.31. The molecule has 190 valence electrons. The summed E-state index contributed by atoms with van der Waals surface area (Å²) in [6, 6.07) is 13.6. The van der Waals surface area contributed by atoms with Crippen molar-refractivity contribution >= 4 is 35.1 Å². The summed E-state index contributed by atoms with van der Waals surface area (Å²) in [6.07, 6.45) is -6.14. The number of aryl methyl sites for hydroxylation is 2. The van der Waals surface area contributed by atoms with E-state index in [1.807, 2.05) is 13.0 Å². The van der Waals surface area contributed by atoms with Crippen molar-refractivity contribution in [2.45, 2.75) is 33.1 Å². The molecule has 0 saturated heterocycles. The molecule has 1 heterocycles. The Morgan fingerprint density at radius 1 is 0.919 bits per heavy atom. The van der Waals surface area contributed by atoms with E-state index < -0.39 is 47.2 Å². The zero-order valence-corrected chi connectivity index (χ0v) is 20.0. The van der Waals surface area contributed by atoms with Crippen LogP contribution in [0.1, 0.15) is 54.7 Å². The molecule has 3 amide bonds. The monoisotopic (exact) mass is 510 g/mol. The Kier molecular flexibility index (Phi) is 6.60. The Hall–Kier alpha value is -4.47. The molecule has 0 aliphatic carbocycles. The number of esters is 1. The number of ether oxygens (including phenoxy) is 1. The number of hydrogen-bond donors (Lipinski definition) is 1. The lowest BCUT2D eigenvalue weighted by molar-refractivity contribution is -0.137. The molecule has 0 fully saturated rings. The molecule has 0 aromatic heterocycles. The Balaban J connectivity index is 1.51. The van der Waals surface area contributed by atoms with Gasteiger partial charge in [0, 0.05) is 0 Å². The first-order valence-electron chi connectivity index (χ1n) is 11.2. The normalized spacial score (nSPS) is 13.8. The van der Waals surface area contributed by atoms with Gasteiger partial charge in [-0.3, -0.25) is 14.4 Å². The smallest absolute Gasteiger partial charge is 0.418 e. The van der Waals surface area contributed by atoms with E-state index in [0.29, 0.717) is 11.3 Å². The number of alkyl halides is 3. The molecule has 1 atom stereocenters. The summed E-state index contributed by atoms with van der Waals surface area (Å²) in [6.45, 7) is 4.79. The molecule has 3 aromatic carbocycles. The first-order valence-corrected chi connectivity index (χ1v) is 11.2. The summed E-state index contributed by atoms with van der Waals surface area (Å²) in [5, 5.41) is 2.12. The van der Waals surface area contributed by atoms with Crippen molar-refractivity contribution in [1.82, 2.24) is 0 Å². The van der Waals surface area contributed by atoms with Crippen LogP contribution in [0.5, 0.6) is 0 Å². The maximum Gasteiger partial charge on any atom is 0.418 e. The third kappa shape index (κ3) is 4.95. The van der Waals surface area contributed by atoms with E-state index in [-0.39, 0.29) is 16.7 Å². The molecule has 1 aliphatic rings. The number of nitrogens with zero attached hydrogens (tertiary/aromatic N) is 1. The number of hydrogen-bond acceptors (Lipinski definition) is 5. The van der Waals surface area contributed by atoms with Gasteiger partial charge in [-0.25, -0.2) is 9.69 Å². The lowest BCUT2D eigenvalue weighted by atomic mass is 10.1. The number of para-hydroxylation sites is 1. The molecular formula is C27H21F3N2O5. The molecule has 0 bridgehead atoms. The fraction of sp³-hybridized carbons (Fsp3) is 0.185. The second-order valence-corrected chi connectivity index (χ2v) is 8.58. The third-order valence-corrected chi connectivity index (χ3v) is 5.87. The molecule has 1 N–H and O–H groups in total. The minimum atomic E-state index is -4.69. The van der Waals surface area contributed by atoms with Gasteiger partial charge in [0.25, 0.3) is 17.7 Å². The standard InChI is InChI=1S/C27H21F3N2O5/c1-14-8-9-15(2)22(12-14)32-24(34)18-11-10-17(13-19(18)25(32)35)26(36)37-16(3)23(33)31-21-7-5-4-6-20(21)27(28,29)30/h4-13,16H,1-3H3,(H,31,33). The SMILES string of the molecule is Cc1ccc(C)c(N2C(=O)c3ccc(C(=O)OC(C)C(=O)Nc4ccccc4C(F)(F)F)cc3C2=O)c1. The van der Waals surface area contributed by atoms with Gasteiger partial charge in [-0.05, 0) is 68.3 Å². The van der Waals surface area contributed by atoms with Crippen LogP contribution in [0, 0.1) is 13.8 Å². The van der Waals surface area contributed by atoms with Gasteiger partial charge >= 0.3 is 12.1 Å². The number of anilines is 2. The molecule has 4 rings (SSSR count). The van der Waals surface area contributed by atoms with Crippen LogP contribution in [0.3, 0.4) is 0 Å². The minimum absolute atomic E-state index is 0.00318. The number of amides is 3. The topological polar surface area (TPSA) is 92.8 Å². The second-order valence-electron chi connectivity index (χ2n) is 8.58. The number of benzene rings is 3. The van der Waals surface area contributed by atoms with Crippen molar-refractivity contribution in [2.24, 2.45) is 0 Å². The number of halogens is 3. The van der Waals surface area contributed by atoms with E-state index in [4.69, 9.17) is 4.74 Å². The molecule has 0 radical (unpaired) electrons. The van der Waals surface area contributed by atoms with Gasteiger partial charge < -0.3 is 10.1 Å². The minimum Gasteiger partial charge on any atom is -0.449 e. The van der Waals surface area contributed by atoms with Crippen LogP contribution >= 0.6 is 0 Å². The van der Waals surface area contributed by atoms with Gasteiger partial charge in [-0.15, -0.1) is 0 Å². The van der Waals surface area contributed by atoms with Crippen molar-refractivity contribution in [3.63, 3.8) is 0 Å². The zero-order valence-electron chi connectivity index (χ0n) is 20.0. The van der Waals surface area contributed by atoms with Gasteiger partial charge in [0.15, 0.2) is 6.10 Å². The average Bonchev–Trinajstić information content (AvgIpc) is 3.09. The number of fused-ring (bicyclic) bond motifs is 1. The highest BCUT2D eigenvalue weighted by molar-refractivity contribution is 6.35. The van der Waals surface area contributed by atoms with Gasteiger partial charge in [0.2, 0.25) is 0 Å². The Labute approximate surface area is 209 Å². The fourth-order valence-electron chi connectivity index (χ4n) is 3.90. The van der Waals surface area contributed by atoms with E-state index in [9.17, 15) is 32.3 Å². The van der Waals surface area contributed by atoms with Crippen LogP contribution in [-0.4, -0.2) is 29.8 Å². The maximum atomic E-state index is 13.2. The van der Waals surface area contributed by atoms with Crippen molar-refractivity contribution < 1.29 is 37.1 Å². The first-order chi connectivity index (χ1) is 17.4. The first kappa shape index (κ1) is 25.6. The Morgan fingerprint density at radius 2 is 1.59 bits per heavy atom. The average molecular weight is 510 g/mol. The summed E-state index contributed by atoms with van der Waals surface area (Å²) in [5.41, 5.74) is 0.484. The molecule has 1 unspecified atom stereocenters. The number of carbonyl (C=O) groups is 4. The molecule has 0 spiro atoms. The number of imide groups is 1. The van der Waals surface area contributed by atoms with Crippen molar-refractivity contribution in [3.8, 4) is 0 Å². The summed E-state index contributed by atoms with van der Waals surface area (Å²) >= 11 is 0. The summed E-state index contributed by atoms with van der Waals surface area (Å²) in [7, 11) is 0. The van der Waals surface area contributed by atoms with Crippen LogP contribution in [0.2, 0.25) is 0 Å². The molecule has 37 heavy (non-hydrogen) atoms. The highest BCUT2D eigenvalue weighted by Crippen LogP contribution is 2.35. The van der Waals surface area contributed by atoms with Crippen LogP contribution in [0.25, 0.3) is 0 Å². The summed E-state index contributed by atoms with van der Waals surface area (Å²) in [5.74, 6) is -3.11.